The molecule has 0 fully saturated rings. The van der Waals surface area contributed by atoms with Crippen LogP contribution in [0.2, 0.25) is 0 Å². The van der Waals surface area contributed by atoms with Crippen molar-refractivity contribution in [3.63, 3.8) is 0 Å². The van der Waals surface area contributed by atoms with Crippen LogP contribution in [0.5, 0.6) is 0 Å². The van der Waals surface area contributed by atoms with Gasteiger partial charge in [-0.15, -0.1) is 0 Å². The third-order valence-corrected chi connectivity index (χ3v) is 2.88. The van der Waals surface area contributed by atoms with Gasteiger partial charge in [-0.2, -0.15) is 5.10 Å². The lowest BCUT2D eigenvalue weighted by molar-refractivity contribution is 0.0982. The molecule has 1 aromatic carbocycles. The molecule has 0 amide bonds. The van der Waals surface area contributed by atoms with Gasteiger partial charge in [-0.3, -0.25) is 9.48 Å². The van der Waals surface area contributed by atoms with Crippen molar-refractivity contribution >= 4 is 5.78 Å². The largest absolute Gasteiger partial charge is 0.292 e. The van der Waals surface area contributed by atoms with Crippen molar-refractivity contribution < 1.29 is 4.79 Å². The zero-order chi connectivity index (χ0) is 13.0. The summed E-state index contributed by atoms with van der Waals surface area (Å²) >= 11 is 0. The molecule has 0 aliphatic rings. The molecule has 3 heteroatoms. The SMILES string of the molecule is CCCn1nccc1C(=O)Cc1cccc(C)c1. The van der Waals surface area contributed by atoms with E-state index in [2.05, 4.69) is 18.1 Å². The van der Waals surface area contributed by atoms with Crippen molar-refractivity contribution in [2.75, 3.05) is 0 Å². The Morgan fingerprint density at radius 3 is 2.89 bits per heavy atom. The van der Waals surface area contributed by atoms with Crippen LogP contribution >= 0.6 is 0 Å². The summed E-state index contributed by atoms with van der Waals surface area (Å²) in [6.07, 6.45) is 3.11. The van der Waals surface area contributed by atoms with Gasteiger partial charge in [-0.25, -0.2) is 0 Å². The zero-order valence-electron chi connectivity index (χ0n) is 10.9. The second kappa shape index (κ2) is 5.63. The summed E-state index contributed by atoms with van der Waals surface area (Å²) in [5, 5.41) is 4.18. The van der Waals surface area contributed by atoms with Crippen LogP contribution in [0.3, 0.4) is 0 Å². The predicted octanol–water partition coefficient (Wildman–Crippen LogP) is 3.03. The van der Waals surface area contributed by atoms with Crippen molar-refractivity contribution in [3.05, 3.63) is 53.3 Å². The lowest BCUT2D eigenvalue weighted by Gasteiger charge is -2.05. The molecule has 0 N–H and O–H groups in total. The first kappa shape index (κ1) is 12.6. The van der Waals surface area contributed by atoms with E-state index < -0.39 is 0 Å². The summed E-state index contributed by atoms with van der Waals surface area (Å²) in [4.78, 5) is 12.2. The maximum absolute atomic E-state index is 12.2. The van der Waals surface area contributed by atoms with Gasteiger partial charge < -0.3 is 0 Å². The minimum Gasteiger partial charge on any atom is -0.292 e. The maximum Gasteiger partial charge on any atom is 0.185 e. The smallest absolute Gasteiger partial charge is 0.185 e. The molecule has 0 spiro atoms. The molecule has 0 unspecified atom stereocenters. The van der Waals surface area contributed by atoms with E-state index in [1.165, 1.54) is 5.56 Å². The van der Waals surface area contributed by atoms with Gasteiger partial charge >= 0.3 is 0 Å². The number of carbonyl (C=O) groups excluding carboxylic acids is 1. The highest BCUT2D eigenvalue weighted by molar-refractivity contribution is 5.95. The Balaban J connectivity index is 2.14. The first-order valence-corrected chi connectivity index (χ1v) is 6.31. The molecule has 0 radical (unpaired) electrons. The summed E-state index contributed by atoms with van der Waals surface area (Å²) < 4.78 is 1.79. The number of rotatable bonds is 5. The molecular formula is C15H18N2O. The van der Waals surface area contributed by atoms with Gasteiger partial charge in [0.05, 0.1) is 0 Å². The van der Waals surface area contributed by atoms with Gasteiger partial charge in [0.25, 0.3) is 0 Å². The van der Waals surface area contributed by atoms with Crippen molar-refractivity contribution in [3.8, 4) is 0 Å². The highest BCUT2D eigenvalue weighted by Gasteiger charge is 2.12. The van der Waals surface area contributed by atoms with Crippen LogP contribution in [0.25, 0.3) is 0 Å². The van der Waals surface area contributed by atoms with Gasteiger partial charge in [-0.1, -0.05) is 36.8 Å². The van der Waals surface area contributed by atoms with Gasteiger partial charge in [0.2, 0.25) is 0 Å². The molecule has 0 aliphatic carbocycles. The van der Waals surface area contributed by atoms with Crippen molar-refractivity contribution in [1.29, 1.82) is 0 Å². The van der Waals surface area contributed by atoms with Crippen LogP contribution in [0.15, 0.2) is 36.5 Å². The molecule has 0 saturated carbocycles. The number of nitrogens with zero attached hydrogens (tertiary/aromatic N) is 2. The zero-order valence-corrected chi connectivity index (χ0v) is 10.9. The van der Waals surface area contributed by atoms with Crippen molar-refractivity contribution in [2.45, 2.75) is 33.2 Å². The van der Waals surface area contributed by atoms with Crippen LogP contribution < -0.4 is 0 Å². The molecule has 0 atom stereocenters. The number of aryl methyl sites for hydroxylation is 2. The Morgan fingerprint density at radius 2 is 2.17 bits per heavy atom. The number of aromatic nitrogens is 2. The topological polar surface area (TPSA) is 34.9 Å². The van der Waals surface area contributed by atoms with E-state index in [-0.39, 0.29) is 5.78 Å². The van der Waals surface area contributed by atoms with Crippen LogP contribution in [0, 0.1) is 6.92 Å². The Kier molecular flexibility index (Phi) is 3.92. The van der Waals surface area contributed by atoms with Gasteiger partial charge in [0.1, 0.15) is 5.69 Å². The lowest BCUT2D eigenvalue weighted by Crippen LogP contribution is -2.12. The van der Waals surface area contributed by atoms with Crippen LogP contribution in [-0.4, -0.2) is 15.6 Å². The van der Waals surface area contributed by atoms with E-state index in [0.717, 1.165) is 18.5 Å². The van der Waals surface area contributed by atoms with E-state index in [1.54, 1.807) is 16.9 Å². The van der Waals surface area contributed by atoms with E-state index in [1.807, 2.05) is 25.1 Å². The molecule has 94 valence electrons. The first-order valence-electron chi connectivity index (χ1n) is 6.31. The Bertz CT molecular complexity index is 543. The average Bonchev–Trinajstić information content (AvgIpc) is 2.78. The molecule has 0 aliphatic heterocycles. The average molecular weight is 242 g/mol. The lowest BCUT2D eigenvalue weighted by atomic mass is 10.0. The fourth-order valence-electron chi connectivity index (χ4n) is 2.06. The summed E-state index contributed by atoms with van der Waals surface area (Å²) in [5.74, 6) is 0.131. The summed E-state index contributed by atoms with van der Waals surface area (Å²) in [6, 6.07) is 9.87. The van der Waals surface area contributed by atoms with Gasteiger partial charge in [0, 0.05) is 19.2 Å². The fourth-order valence-corrected chi connectivity index (χ4v) is 2.06. The molecule has 2 rings (SSSR count). The summed E-state index contributed by atoms with van der Waals surface area (Å²) in [5.41, 5.74) is 2.95. The second-order valence-corrected chi connectivity index (χ2v) is 4.53. The fraction of sp³-hybridized carbons (Fsp3) is 0.333. The summed E-state index contributed by atoms with van der Waals surface area (Å²) in [6.45, 7) is 4.91. The standard InChI is InChI=1S/C15H18N2O/c1-3-9-17-14(7-8-16-17)15(18)11-13-6-4-5-12(2)10-13/h4-8,10H,3,9,11H2,1-2H3. The molecular weight excluding hydrogens is 224 g/mol. The van der Waals surface area contributed by atoms with Crippen LogP contribution in [0.1, 0.15) is 35.0 Å². The monoisotopic (exact) mass is 242 g/mol. The summed E-state index contributed by atoms with van der Waals surface area (Å²) in [7, 11) is 0. The highest BCUT2D eigenvalue weighted by atomic mass is 16.1. The van der Waals surface area contributed by atoms with Crippen LogP contribution in [0.4, 0.5) is 0 Å². The highest BCUT2D eigenvalue weighted by Crippen LogP contribution is 2.09. The number of hydrogen-bond acceptors (Lipinski definition) is 2. The van der Waals surface area contributed by atoms with E-state index in [0.29, 0.717) is 12.1 Å². The number of hydrogen-bond donors (Lipinski definition) is 0. The number of carbonyl (C=O) groups is 1. The maximum atomic E-state index is 12.2. The molecule has 0 saturated heterocycles. The van der Waals surface area contributed by atoms with Gasteiger partial charge in [0.15, 0.2) is 5.78 Å². The Labute approximate surface area is 107 Å². The minimum absolute atomic E-state index is 0.131. The molecule has 1 aromatic heterocycles. The number of ketones is 1. The third kappa shape index (κ3) is 2.86. The van der Waals surface area contributed by atoms with Crippen molar-refractivity contribution in [1.82, 2.24) is 9.78 Å². The first-order chi connectivity index (χ1) is 8.70. The molecule has 1 heterocycles. The molecule has 2 aromatic rings. The van der Waals surface area contributed by atoms with Crippen LogP contribution in [-0.2, 0) is 13.0 Å². The molecule has 18 heavy (non-hydrogen) atoms. The number of Topliss-reactive ketones (excluding diaryl/α,β-unsaturated/α-hetero) is 1. The Morgan fingerprint density at radius 1 is 1.33 bits per heavy atom. The third-order valence-electron chi connectivity index (χ3n) is 2.88. The van der Waals surface area contributed by atoms with Crippen molar-refractivity contribution in [2.24, 2.45) is 0 Å². The van der Waals surface area contributed by atoms with E-state index >= 15 is 0 Å². The van der Waals surface area contributed by atoms with Gasteiger partial charge in [-0.05, 0) is 25.0 Å². The van der Waals surface area contributed by atoms with E-state index in [9.17, 15) is 4.79 Å². The Hall–Kier alpha value is -1.90. The second-order valence-electron chi connectivity index (χ2n) is 4.53. The molecule has 0 bridgehead atoms. The predicted molar refractivity (Wildman–Crippen MR) is 71.7 cm³/mol. The molecule has 3 nitrogen and oxygen atoms in total. The minimum atomic E-state index is 0.131. The quantitative estimate of drug-likeness (QED) is 0.755. The number of benzene rings is 1. The normalized spacial score (nSPS) is 10.6. The van der Waals surface area contributed by atoms with E-state index in [4.69, 9.17) is 0 Å².